The van der Waals surface area contributed by atoms with E-state index in [4.69, 9.17) is 5.73 Å². The predicted octanol–water partition coefficient (Wildman–Crippen LogP) is 0.110. The lowest BCUT2D eigenvalue weighted by molar-refractivity contribution is 0.589. The Morgan fingerprint density at radius 3 is 2.33 bits per heavy atom. The number of hydrogen-bond donors (Lipinski definition) is 3. The van der Waals surface area contributed by atoms with Gasteiger partial charge in [-0.05, 0) is 17.7 Å². The van der Waals surface area contributed by atoms with Crippen molar-refractivity contribution in [3.05, 3.63) is 29.8 Å². The molecule has 98 valence electrons. The molecule has 0 saturated carbocycles. The molecule has 3 rings (SSSR count). The van der Waals surface area contributed by atoms with Crippen LogP contribution < -0.4 is 21.3 Å². The summed E-state index contributed by atoms with van der Waals surface area (Å²) in [5.41, 5.74) is 8.81. The van der Waals surface area contributed by atoms with Crippen LogP contribution in [-0.4, -0.2) is 45.3 Å². The number of nitrogens with two attached hydrogens (primary N) is 1. The van der Waals surface area contributed by atoms with E-state index < -0.39 is 0 Å². The second-order valence-electron chi connectivity index (χ2n) is 5.26. The van der Waals surface area contributed by atoms with E-state index in [1.54, 1.807) is 0 Å². The molecule has 2 aliphatic heterocycles. The first-order chi connectivity index (χ1) is 8.84. The lowest BCUT2D eigenvalue weighted by Gasteiger charge is -2.29. The average Bonchev–Trinajstić information content (AvgIpc) is 2.86. The van der Waals surface area contributed by atoms with Gasteiger partial charge in [0.25, 0.3) is 0 Å². The maximum Gasteiger partial charge on any atom is 0.0367 e. The van der Waals surface area contributed by atoms with Crippen LogP contribution in [0.2, 0.25) is 0 Å². The van der Waals surface area contributed by atoms with Crippen molar-refractivity contribution in [3.63, 3.8) is 0 Å². The molecule has 2 saturated heterocycles. The summed E-state index contributed by atoms with van der Waals surface area (Å²) in [5.74, 6) is 0.474. The Kier molecular flexibility index (Phi) is 3.50. The van der Waals surface area contributed by atoms with Crippen molar-refractivity contribution < 1.29 is 0 Å². The molecule has 1 aromatic rings. The quantitative estimate of drug-likeness (QED) is 0.693. The van der Waals surface area contributed by atoms with Gasteiger partial charge in [0.15, 0.2) is 0 Å². The third-order valence-corrected chi connectivity index (χ3v) is 4.06. The van der Waals surface area contributed by atoms with E-state index in [-0.39, 0.29) is 6.04 Å². The Morgan fingerprint density at radius 1 is 1.00 bits per heavy atom. The molecule has 0 aliphatic carbocycles. The molecule has 2 atom stereocenters. The first kappa shape index (κ1) is 12.0. The molecule has 4 heteroatoms. The number of nitrogens with one attached hydrogen (secondary N) is 2. The summed E-state index contributed by atoms with van der Waals surface area (Å²) < 4.78 is 0. The molecule has 0 spiro atoms. The highest BCUT2D eigenvalue weighted by atomic mass is 15.2. The number of anilines is 1. The van der Waals surface area contributed by atoms with Gasteiger partial charge >= 0.3 is 0 Å². The van der Waals surface area contributed by atoms with E-state index >= 15 is 0 Å². The summed E-state index contributed by atoms with van der Waals surface area (Å²) in [7, 11) is 0. The van der Waals surface area contributed by atoms with Crippen molar-refractivity contribution in [2.24, 2.45) is 5.73 Å². The number of rotatable bonds is 2. The zero-order valence-corrected chi connectivity index (χ0v) is 10.7. The van der Waals surface area contributed by atoms with Crippen molar-refractivity contribution in [2.75, 3.05) is 44.2 Å². The highest BCUT2D eigenvalue weighted by Gasteiger charge is 2.25. The summed E-state index contributed by atoms with van der Waals surface area (Å²) in [6.07, 6.45) is 0. The fourth-order valence-electron chi connectivity index (χ4n) is 2.92. The minimum atomic E-state index is 0.259. The highest BCUT2D eigenvalue weighted by molar-refractivity contribution is 5.48. The molecule has 0 radical (unpaired) electrons. The van der Waals surface area contributed by atoms with Gasteiger partial charge in [0, 0.05) is 56.9 Å². The Balaban J connectivity index is 1.72. The smallest absolute Gasteiger partial charge is 0.0367 e. The molecule has 0 aromatic heterocycles. The van der Waals surface area contributed by atoms with Gasteiger partial charge in [0.1, 0.15) is 0 Å². The van der Waals surface area contributed by atoms with Gasteiger partial charge in [0.2, 0.25) is 0 Å². The number of hydrogen-bond acceptors (Lipinski definition) is 4. The van der Waals surface area contributed by atoms with E-state index in [2.05, 4.69) is 39.8 Å². The van der Waals surface area contributed by atoms with Crippen LogP contribution in [0.4, 0.5) is 5.69 Å². The molecule has 2 fully saturated rings. The van der Waals surface area contributed by atoms with E-state index in [0.29, 0.717) is 5.92 Å². The molecular weight excluding hydrogens is 224 g/mol. The van der Waals surface area contributed by atoms with Gasteiger partial charge in [0.05, 0.1) is 0 Å². The minimum absolute atomic E-state index is 0.259. The molecule has 4 nitrogen and oxygen atoms in total. The summed E-state index contributed by atoms with van der Waals surface area (Å²) in [6, 6.07) is 9.23. The molecule has 0 amide bonds. The summed E-state index contributed by atoms with van der Waals surface area (Å²) in [5, 5.41) is 6.73. The van der Waals surface area contributed by atoms with Crippen molar-refractivity contribution in [1.82, 2.24) is 10.6 Å². The lowest BCUT2D eigenvalue weighted by atomic mass is 9.95. The lowest BCUT2D eigenvalue weighted by Crippen LogP contribution is -2.43. The van der Waals surface area contributed by atoms with Crippen LogP contribution in [0.25, 0.3) is 0 Å². The Bertz CT molecular complexity index is 383. The molecule has 18 heavy (non-hydrogen) atoms. The predicted molar refractivity (Wildman–Crippen MR) is 75.1 cm³/mol. The van der Waals surface area contributed by atoms with Gasteiger partial charge in [-0.3, -0.25) is 0 Å². The zero-order valence-electron chi connectivity index (χ0n) is 10.7. The molecule has 2 unspecified atom stereocenters. The molecule has 1 aromatic carbocycles. The molecule has 2 heterocycles. The molecule has 0 bridgehead atoms. The van der Waals surface area contributed by atoms with E-state index in [1.807, 2.05) is 0 Å². The normalized spacial score (nSPS) is 28.6. The SMILES string of the molecule is NC1CNCC1c1ccc(N2CCNCC2)cc1. The zero-order chi connectivity index (χ0) is 12.4. The molecule has 4 N–H and O–H groups in total. The second kappa shape index (κ2) is 5.26. The van der Waals surface area contributed by atoms with Gasteiger partial charge in [-0.15, -0.1) is 0 Å². The van der Waals surface area contributed by atoms with Crippen molar-refractivity contribution in [2.45, 2.75) is 12.0 Å². The van der Waals surface area contributed by atoms with E-state index in [9.17, 15) is 0 Å². The van der Waals surface area contributed by atoms with Crippen molar-refractivity contribution in [1.29, 1.82) is 0 Å². The van der Waals surface area contributed by atoms with Crippen LogP contribution in [0.1, 0.15) is 11.5 Å². The number of nitrogens with zero attached hydrogens (tertiary/aromatic N) is 1. The summed E-state index contributed by atoms with van der Waals surface area (Å²) >= 11 is 0. The van der Waals surface area contributed by atoms with Crippen LogP contribution >= 0.6 is 0 Å². The first-order valence-corrected chi connectivity index (χ1v) is 6.86. The van der Waals surface area contributed by atoms with E-state index in [1.165, 1.54) is 11.3 Å². The van der Waals surface area contributed by atoms with Gasteiger partial charge < -0.3 is 21.3 Å². The maximum absolute atomic E-state index is 6.11. The first-order valence-electron chi connectivity index (χ1n) is 6.86. The topological polar surface area (TPSA) is 53.3 Å². The monoisotopic (exact) mass is 246 g/mol. The van der Waals surface area contributed by atoms with Crippen molar-refractivity contribution in [3.8, 4) is 0 Å². The third-order valence-electron chi connectivity index (χ3n) is 4.06. The Morgan fingerprint density at radius 2 is 1.72 bits per heavy atom. The Labute approximate surface area is 109 Å². The van der Waals surface area contributed by atoms with Crippen molar-refractivity contribution >= 4 is 5.69 Å². The molecule has 2 aliphatic rings. The summed E-state index contributed by atoms with van der Waals surface area (Å²) in [4.78, 5) is 2.44. The fourth-order valence-corrected chi connectivity index (χ4v) is 2.92. The van der Waals surface area contributed by atoms with Crippen LogP contribution in [0.15, 0.2) is 24.3 Å². The van der Waals surface area contributed by atoms with Gasteiger partial charge in [-0.25, -0.2) is 0 Å². The van der Waals surface area contributed by atoms with Gasteiger partial charge in [-0.1, -0.05) is 12.1 Å². The van der Waals surface area contributed by atoms with Crippen LogP contribution in [0, 0.1) is 0 Å². The summed E-state index contributed by atoms with van der Waals surface area (Å²) in [6.45, 7) is 6.31. The number of benzene rings is 1. The minimum Gasteiger partial charge on any atom is -0.369 e. The standard InChI is InChI=1S/C14H22N4/c15-14-10-17-9-13(14)11-1-3-12(4-2-11)18-7-5-16-6-8-18/h1-4,13-14,16-17H,5-10,15H2. The van der Waals surface area contributed by atoms with Crippen LogP contribution in [0.5, 0.6) is 0 Å². The average molecular weight is 246 g/mol. The van der Waals surface area contributed by atoms with Crippen LogP contribution in [-0.2, 0) is 0 Å². The second-order valence-corrected chi connectivity index (χ2v) is 5.26. The van der Waals surface area contributed by atoms with Gasteiger partial charge in [-0.2, -0.15) is 0 Å². The van der Waals surface area contributed by atoms with E-state index in [0.717, 1.165) is 39.3 Å². The fraction of sp³-hybridized carbons (Fsp3) is 0.571. The van der Waals surface area contributed by atoms with Crippen LogP contribution in [0.3, 0.4) is 0 Å². The Hall–Kier alpha value is -1.10. The third kappa shape index (κ3) is 2.36. The highest BCUT2D eigenvalue weighted by Crippen LogP contribution is 2.24. The number of piperazine rings is 1. The maximum atomic E-state index is 6.11. The largest absolute Gasteiger partial charge is 0.369 e. The molecular formula is C14H22N4.